The molecule has 1 rings (SSSR count). The Morgan fingerprint density at radius 1 is 1.06 bits per heavy atom. The molecule has 8 heteroatoms. The fourth-order valence-corrected chi connectivity index (χ4v) is 1.74. The Balaban J connectivity index is 0.000000321. The van der Waals surface area contributed by atoms with Crippen molar-refractivity contribution in [2.45, 2.75) is 32.3 Å². The Hall–Kier alpha value is -0.890. The highest BCUT2D eigenvalue weighted by atomic mass is 79.9. The van der Waals surface area contributed by atoms with Gasteiger partial charge in [-0.1, -0.05) is 0 Å². The zero-order chi connectivity index (χ0) is 14.2. The molecule has 0 bridgehead atoms. The van der Waals surface area contributed by atoms with Gasteiger partial charge in [0.15, 0.2) is 0 Å². The highest BCUT2D eigenvalue weighted by Crippen LogP contribution is 2.25. The molecule has 0 atom stereocenters. The van der Waals surface area contributed by atoms with E-state index in [0.717, 1.165) is 0 Å². The van der Waals surface area contributed by atoms with E-state index in [1.807, 2.05) is 0 Å². The number of halogens is 1. The molecule has 0 spiro atoms. The van der Waals surface area contributed by atoms with Gasteiger partial charge in [0.25, 0.3) is 4.57 Å². The zero-order valence-electron chi connectivity index (χ0n) is 11.3. The summed E-state index contributed by atoms with van der Waals surface area (Å²) < 4.78 is -0.493. The Labute approximate surface area is 116 Å². The lowest BCUT2D eigenvalue weighted by Crippen LogP contribution is -2.47. The second-order valence-electron chi connectivity index (χ2n) is 3.86. The van der Waals surface area contributed by atoms with Crippen LogP contribution < -0.4 is 5.11 Å². The summed E-state index contributed by atoms with van der Waals surface area (Å²) in [7, 11) is 0. The molecule has 0 saturated heterocycles. The van der Waals surface area contributed by atoms with Gasteiger partial charge in [0.1, 0.15) is 5.97 Å². The SMILES string of the molecule is CC[N+](CC)(CC)CC.O=C([O-])C1(Br)N=NN=N1. The van der Waals surface area contributed by atoms with E-state index in [4.69, 9.17) is 0 Å². The van der Waals surface area contributed by atoms with Gasteiger partial charge < -0.3 is 14.4 Å². The lowest BCUT2D eigenvalue weighted by Gasteiger charge is -2.34. The monoisotopic (exact) mass is 321 g/mol. The normalized spacial score (nSPS) is 16.3. The van der Waals surface area contributed by atoms with Crippen LogP contribution in [0.4, 0.5) is 0 Å². The fourth-order valence-electron chi connectivity index (χ4n) is 1.60. The molecule has 0 N–H and O–H groups in total. The van der Waals surface area contributed by atoms with E-state index in [1.54, 1.807) is 0 Å². The fraction of sp³-hybridized carbons (Fsp3) is 0.900. The van der Waals surface area contributed by atoms with Crippen LogP contribution in [0.15, 0.2) is 20.7 Å². The molecule has 0 aromatic rings. The van der Waals surface area contributed by atoms with E-state index in [0.29, 0.717) is 0 Å². The zero-order valence-corrected chi connectivity index (χ0v) is 12.8. The van der Waals surface area contributed by atoms with Gasteiger partial charge in [-0.15, -0.1) is 10.2 Å². The van der Waals surface area contributed by atoms with Crippen LogP contribution in [0.3, 0.4) is 0 Å². The van der Waals surface area contributed by atoms with Crippen LogP contribution in [-0.2, 0) is 4.79 Å². The second-order valence-corrected chi connectivity index (χ2v) is 4.97. The van der Waals surface area contributed by atoms with Crippen molar-refractivity contribution in [1.29, 1.82) is 0 Å². The van der Waals surface area contributed by atoms with E-state index < -0.39 is 10.5 Å². The minimum atomic E-state index is -1.77. The van der Waals surface area contributed by atoms with Gasteiger partial charge >= 0.3 is 0 Å². The molecular formula is C10H20BrN5O2. The number of alkyl halides is 1. The van der Waals surface area contributed by atoms with Gasteiger partial charge in [0.2, 0.25) is 0 Å². The minimum Gasteiger partial charge on any atom is -0.544 e. The molecule has 18 heavy (non-hydrogen) atoms. The Morgan fingerprint density at radius 3 is 1.50 bits per heavy atom. The van der Waals surface area contributed by atoms with Crippen LogP contribution in [0.5, 0.6) is 0 Å². The molecule has 0 aromatic carbocycles. The van der Waals surface area contributed by atoms with Crippen molar-refractivity contribution in [2.24, 2.45) is 20.7 Å². The largest absolute Gasteiger partial charge is 0.544 e. The first-order chi connectivity index (χ1) is 8.39. The number of carboxylic acids is 1. The van der Waals surface area contributed by atoms with Crippen LogP contribution in [0.25, 0.3) is 0 Å². The highest BCUT2D eigenvalue weighted by Gasteiger charge is 2.30. The van der Waals surface area contributed by atoms with Gasteiger partial charge in [0.05, 0.1) is 26.2 Å². The van der Waals surface area contributed by atoms with Crippen molar-refractivity contribution in [1.82, 2.24) is 0 Å². The van der Waals surface area contributed by atoms with Crippen molar-refractivity contribution < 1.29 is 14.4 Å². The average molecular weight is 322 g/mol. The first-order valence-corrected chi connectivity index (χ1v) is 6.78. The molecule has 0 radical (unpaired) electrons. The van der Waals surface area contributed by atoms with E-state index in [-0.39, 0.29) is 0 Å². The van der Waals surface area contributed by atoms with Crippen LogP contribution in [0, 0.1) is 0 Å². The van der Waals surface area contributed by atoms with Crippen molar-refractivity contribution >= 4 is 21.9 Å². The lowest BCUT2D eigenvalue weighted by atomic mass is 10.3. The number of rotatable bonds is 5. The number of carbonyl (C=O) groups is 1. The molecule has 0 amide bonds. The third-order valence-corrected chi connectivity index (χ3v) is 3.98. The summed E-state index contributed by atoms with van der Waals surface area (Å²) in [4.78, 5) is 10.1. The van der Waals surface area contributed by atoms with Crippen LogP contribution in [0.1, 0.15) is 27.7 Å². The first kappa shape index (κ1) is 17.1. The first-order valence-electron chi connectivity index (χ1n) is 5.99. The number of carboxylic acid groups (broad SMARTS) is 1. The molecule has 0 saturated carbocycles. The second kappa shape index (κ2) is 7.52. The molecule has 0 unspecified atom stereocenters. The number of aliphatic carboxylic acids is 1. The summed E-state index contributed by atoms with van der Waals surface area (Å²) in [5, 5.41) is 22.2. The standard InChI is InChI=1S/C8H20N.C2HBrN4O2/c1-5-9(6-2,7-3)8-4;3-2(1(8)9)4-6-7-5-2/h5-8H2,1-4H3;(H,8,9)/q+1;/p-1. The lowest BCUT2D eigenvalue weighted by molar-refractivity contribution is -0.921. The average Bonchev–Trinajstić information content (AvgIpc) is 2.82. The number of hydrogen-bond acceptors (Lipinski definition) is 6. The van der Waals surface area contributed by atoms with Gasteiger partial charge in [0, 0.05) is 0 Å². The molecule has 1 aliphatic rings. The molecule has 0 fully saturated rings. The number of quaternary nitrogens is 1. The third-order valence-electron chi connectivity index (χ3n) is 3.34. The summed E-state index contributed by atoms with van der Waals surface area (Å²) in [6.07, 6.45) is 0. The van der Waals surface area contributed by atoms with Gasteiger partial charge in [-0.2, -0.15) is 0 Å². The molecule has 1 heterocycles. The molecule has 0 aliphatic carbocycles. The summed E-state index contributed by atoms with van der Waals surface area (Å²) in [5.41, 5.74) is 0. The number of carbonyl (C=O) groups excluding carboxylic acids is 1. The highest BCUT2D eigenvalue weighted by molar-refractivity contribution is 9.10. The summed E-state index contributed by atoms with van der Waals surface area (Å²) >= 11 is 2.63. The Bertz CT molecular complexity index is 299. The smallest absolute Gasteiger partial charge is 0.287 e. The maximum atomic E-state index is 10.1. The molecule has 104 valence electrons. The van der Waals surface area contributed by atoms with Crippen LogP contribution >= 0.6 is 15.9 Å². The minimum absolute atomic E-state index is 1.28. The summed E-state index contributed by atoms with van der Waals surface area (Å²) in [5.74, 6) is -1.48. The summed E-state index contributed by atoms with van der Waals surface area (Å²) in [6, 6.07) is 0. The Morgan fingerprint density at radius 2 is 1.39 bits per heavy atom. The van der Waals surface area contributed by atoms with Crippen molar-refractivity contribution in [3.63, 3.8) is 0 Å². The molecule has 1 aliphatic heterocycles. The van der Waals surface area contributed by atoms with Gasteiger partial charge in [-0.25, -0.2) is 0 Å². The summed E-state index contributed by atoms with van der Waals surface area (Å²) in [6.45, 7) is 14.2. The van der Waals surface area contributed by atoms with Crippen LogP contribution in [-0.4, -0.2) is 41.2 Å². The quantitative estimate of drug-likeness (QED) is 0.436. The van der Waals surface area contributed by atoms with E-state index in [1.165, 1.54) is 30.7 Å². The Kier molecular flexibility index (Phi) is 7.15. The van der Waals surface area contributed by atoms with Crippen LogP contribution in [0.2, 0.25) is 0 Å². The van der Waals surface area contributed by atoms with E-state index in [2.05, 4.69) is 64.3 Å². The van der Waals surface area contributed by atoms with Crippen molar-refractivity contribution in [2.75, 3.05) is 26.2 Å². The van der Waals surface area contributed by atoms with E-state index >= 15 is 0 Å². The maximum absolute atomic E-state index is 10.1. The molecule has 0 aromatic heterocycles. The predicted molar refractivity (Wildman–Crippen MR) is 68.8 cm³/mol. The predicted octanol–water partition coefficient (Wildman–Crippen LogP) is 1.50. The van der Waals surface area contributed by atoms with E-state index in [9.17, 15) is 9.90 Å². The molecule has 7 nitrogen and oxygen atoms in total. The van der Waals surface area contributed by atoms with Crippen molar-refractivity contribution in [3.05, 3.63) is 0 Å². The topological polar surface area (TPSA) is 89.6 Å². The molecular weight excluding hydrogens is 302 g/mol. The van der Waals surface area contributed by atoms with Gasteiger partial charge in [-0.3, -0.25) is 0 Å². The number of nitrogens with zero attached hydrogens (tertiary/aromatic N) is 5. The maximum Gasteiger partial charge on any atom is 0.287 e. The third kappa shape index (κ3) is 4.41. The van der Waals surface area contributed by atoms with Crippen molar-refractivity contribution in [3.8, 4) is 0 Å². The van der Waals surface area contributed by atoms with Gasteiger partial charge in [-0.05, 0) is 54.1 Å². The number of hydrogen-bond donors (Lipinski definition) is 0.